The Bertz CT molecular complexity index is 1430. The maximum absolute atomic E-state index is 12.7. The second kappa shape index (κ2) is 12.0. The van der Waals surface area contributed by atoms with E-state index >= 15 is 0 Å². The third kappa shape index (κ3) is 6.62. The predicted octanol–water partition coefficient (Wildman–Crippen LogP) is 7.02. The molecule has 4 rings (SSSR count). The fourth-order valence-electron chi connectivity index (χ4n) is 3.85. The van der Waals surface area contributed by atoms with Crippen LogP contribution in [0.25, 0.3) is 22.2 Å². The number of hydrogen-bond acceptors (Lipinski definition) is 7. The number of imidazole rings is 1. The van der Waals surface area contributed by atoms with Crippen LogP contribution in [-0.4, -0.2) is 33.7 Å². The molecule has 0 aliphatic heterocycles. The number of anilines is 1. The molecule has 194 valence electrons. The molecule has 10 heteroatoms. The van der Waals surface area contributed by atoms with Gasteiger partial charge < -0.3 is 14.4 Å². The van der Waals surface area contributed by atoms with E-state index in [1.54, 1.807) is 38.4 Å². The highest BCUT2D eigenvalue weighted by Crippen LogP contribution is 2.51. The van der Waals surface area contributed by atoms with Gasteiger partial charge in [0.1, 0.15) is 6.33 Å². The molecule has 0 aliphatic rings. The number of amides is 1. The molecule has 8 nitrogen and oxygen atoms in total. The standard InChI is InChI=1S/C27H31N4O4PS/c1-5-34-36(33,35-6-2)17-20-11-13-21(14-12-20)29-25(32)16-15-24-26(19(3)4)30-27(37-24)31-18-28-22-9-7-8-10-23(22)31/h7-16,18-19H,5-6,17H2,1-4H3,(H,29,32)/b16-15+. The topological polar surface area (TPSA) is 95.3 Å². The van der Waals surface area contributed by atoms with Crippen LogP contribution >= 0.6 is 18.9 Å². The zero-order chi connectivity index (χ0) is 26.4. The van der Waals surface area contributed by atoms with Crippen molar-refractivity contribution in [1.29, 1.82) is 0 Å². The van der Waals surface area contributed by atoms with E-state index in [1.165, 1.54) is 17.4 Å². The number of nitrogens with one attached hydrogen (secondary N) is 1. The van der Waals surface area contributed by atoms with Crippen molar-refractivity contribution in [3.8, 4) is 5.13 Å². The SMILES string of the molecule is CCOP(=O)(Cc1ccc(NC(=O)/C=C/c2sc(-n3cnc4ccccc43)nc2C(C)C)cc1)OCC. The maximum atomic E-state index is 12.7. The minimum Gasteiger partial charge on any atom is -0.323 e. The summed E-state index contributed by atoms with van der Waals surface area (Å²) >= 11 is 1.52. The van der Waals surface area contributed by atoms with Gasteiger partial charge in [0.2, 0.25) is 5.91 Å². The summed E-state index contributed by atoms with van der Waals surface area (Å²) in [6.07, 6.45) is 5.28. The van der Waals surface area contributed by atoms with Crippen LogP contribution in [0.15, 0.2) is 60.9 Å². The van der Waals surface area contributed by atoms with Gasteiger partial charge in [0.05, 0.1) is 41.0 Å². The molecule has 4 aromatic rings. The Morgan fingerprint density at radius 2 is 1.81 bits per heavy atom. The highest BCUT2D eigenvalue weighted by molar-refractivity contribution is 7.53. The fourth-order valence-corrected chi connectivity index (χ4v) is 6.66. The van der Waals surface area contributed by atoms with Crippen LogP contribution in [-0.2, 0) is 24.6 Å². The average molecular weight is 539 g/mol. The van der Waals surface area contributed by atoms with Crippen molar-refractivity contribution < 1.29 is 18.4 Å². The van der Waals surface area contributed by atoms with Gasteiger partial charge in [0.15, 0.2) is 5.13 Å². The van der Waals surface area contributed by atoms with Gasteiger partial charge in [-0.05, 0) is 55.7 Å². The maximum Gasteiger partial charge on any atom is 0.335 e. The van der Waals surface area contributed by atoms with E-state index in [0.29, 0.717) is 18.9 Å². The summed E-state index contributed by atoms with van der Waals surface area (Å²) < 4.78 is 25.4. The molecule has 37 heavy (non-hydrogen) atoms. The zero-order valence-corrected chi connectivity index (χ0v) is 23.1. The molecule has 2 aromatic carbocycles. The van der Waals surface area contributed by atoms with Crippen molar-refractivity contribution in [3.05, 3.63) is 77.1 Å². The van der Waals surface area contributed by atoms with Crippen molar-refractivity contribution >= 4 is 47.6 Å². The molecule has 0 saturated carbocycles. The Balaban J connectivity index is 1.46. The highest BCUT2D eigenvalue weighted by Gasteiger charge is 2.24. The second-order valence-corrected chi connectivity index (χ2v) is 11.7. The fraction of sp³-hybridized carbons (Fsp3) is 0.296. The number of fused-ring (bicyclic) bond motifs is 1. The van der Waals surface area contributed by atoms with E-state index in [-0.39, 0.29) is 18.0 Å². The summed E-state index contributed by atoms with van der Waals surface area (Å²) in [6.45, 7) is 8.37. The number of aromatic nitrogens is 3. The molecule has 0 spiro atoms. The molecule has 2 heterocycles. The van der Waals surface area contributed by atoms with Gasteiger partial charge in [0.25, 0.3) is 0 Å². The number of benzene rings is 2. The Morgan fingerprint density at radius 1 is 1.11 bits per heavy atom. The Morgan fingerprint density at radius 3 is 2.49 bits per heavy atom. The van der Waals surface area contributed by atoms with Crippen molar-refractivity contribution in [2.75, 3.05) is 18.5 Å². The van der Waals surface area contributed by atoms with Crippen molar-refractivity contribution in [1.82, 2.24) is 14.5 Å². The minimum absolute atomic E-state index is 0.181. The minimum atomic E-state index is -3.18. The van der Waals surface area contributed by atoms with Gasteiger partial charge in [-0.1, -0.05) is 49.4 Å². The lowest BCUT2D eigenvalue weighted by molar-refractivity contribution is -0.111. The summed E-state index contributed by atoms with van der Waals surface area (Å²) in [5.74, 6) is -0.0563. The molecular weight excluding hydrogens is 507 g/mol. The van der Waals surface area contributed by atoms with Gasteiger partial charge in [-0.3, -0.25) is 13.9 Å². The van der Waals surface area contributed by atoms with Crippen molar-refractivity contribution in [2.45, 2.75) is 39.8 Å². The molecule has 0 radical (unpaired) electrons. The molecule has 1 amide bonds. The van der Waals surface area contributed by atoms with Crippen LogP contribution in [0, 0.1) is 0 Å². The normalized spacial score (nSPS) is 12.1. The van der Waals surface area contributed by atoms with E-state index in [4.69, 9.17) is 14.0 Å². The molecule has 0 unspecified atom stereocenters. The quantitative estimate of drug-likeness (QED) is 0.163. The van der Waals surface area contributed by atoms with Gasteiger partial charge in [-0.15, -0.1) is 0 Å². The van der Waals surface area contributed by atoms with Gasteiger partial charge >= 0.3 is 7.60 Å². The average Bonchev–Trinajstić information content (AvgIpc) is 3.48. The molecular formula is C27H31N4O4PS. The number of thiazole rings is 1. The van der Waals surface area contributed by atoms with Crippen molar-refractivity contribution in [3.63, 3.8) is 0 Å². The van der Waals surface area contributed by atoms with E-state index in [2.05, 4.69) is 24.1 Å². The Hall–Kier alpha value is -3.10. The van der Waals surface area contributed by atoms with E-state index in [0.717, 1.165) is 32.3 Å². The zero-order valence-electron chi connectivity index (χ0n) is 21.4. The first-order chi connectivity index (χ1) is 17.8. The van der Waals surface area contributed by atoms with Gasteiger partial charge in [-0.25, -0.2) is 9.97 Å². The second-order valence-electron chi connectivity index (χ2n) is 8.63. The predicted molar refractivity (Wildman–Crippen MR) is 149 cm³/mol. The van der Waals surface area contributed by atoms with Crippen LogP contribution in [0.1, 0.15) is 49.7 Å². The molecule has 0 fully saturated rings. The lowest BCUT2D eigenvalue weighted by atomic mass is 10.1. The van der Waals surface area contributed by atoms with Crippen LogP contribution in [0.5, 0.6) is 0 Å². The van der Waals surface area contributed by atoms with Crippen LogP contribution in [0.4, 0.5) is 5.69 Å². The first kappa shape index (κ1) is 26.9. The molecule has 0 atom stereocenters. The highest BCUT2D eigenvalue weighted by atomic mass is 32.1. The monoisotopic (exact) mass is 538 g/mol. The third-order valence-electron chi connectivity index (χ3n) is 5.51. The van der Waals surface area contributed by atoms with Gasteiger partial charge in [0, 0.05) is 11.8 Å². The lowest BCUT2D eigenvalue weighted by Crippen LogP contribution is -2.07. The summed E-state index contributed by atoms with van der Waals surface area (Å²) in [4.78, 5) is 22.9. The number of rotatable bonds is 11. The van der Waals surface area contributed by atoms with Crippen molar-refractivity contribution in [2.24, 2.45) is 0 Å². The number of hydrogen-bond donors (Lipinski definition) is 1. The first-order valence-corrected chi connectivity index (χ1v) is 14.8. The van der Waals surface area contributed by atoms with Crippen LogP contribution in [0.2, 0.25) is 0 Å². The molecule has 1 N–H and O–H groups in total. The number of nitrogens with zero attached hydrogens (tertiary/aromatic N) is 3. The smallest absolute Gasteiger partial charge is 0.323 e. The molecule has 2 aromatic heterocycles. The summed E-state index contributed by atoms with van der Waals surface area (Å²) in [6, 6.07) is 15.1. The molecule has 0 saturated heterocycles. The lowest BCUT2D eigenvalue weighted by Gasteiger charge is -2.17. The summed E-state index contributed by atoms with van der Waals surface area (Å²) in [5.41, 5.74) is 4.27. The Kier molecular flexibility index (Phi) is 8.71. The van der Waals surface area contributed by atoms with E-state index in [1.807, 2.05) is 41.0 Å². The van der Waals surface area contributed by atoms with E-state index < -0.39 is 7.60 Å². The molecule has 0 bridgehead atoms. The number of carbonyl (C=O) groups excluding carboxylic acids is 1. The first-order valence-electron chi connectivity index (χ1n) is 12.2. The molecule has 0 aliphatic carbocycles. The van der Waals surface area contributed by atoms with Crippen LogP contribution < -0.4 is 5.32 Å². The van der Waals surface area contributed by atoms with Gasteiger partial charge in [-0.2, -0.15) is 0 Å². The van der Waals surface area contributed by atoms with Crippen LogP contribution in [0.3, 0.4) is 0 Å². The Labute approximate surface area is 220 Å². The number of para-hydroxylation sites is 2. The third-order valence-corrected chi connectivity index (χ3v) is 8.60. The largest absolute Gasteiger partial charge is 0.335 e. The van der Waals surface area contributed by atoms with E-state index in [9.17, 15) is 9.36 Å². The summed E-state index contributed by atoms with van der Waals surface area (Å²) in [5, 5.41) is 3.68. The summed E-state index contributed by atoms with van der Waals surface area (Å²) in [7, 11) is -3.18. The number of carbonyl (C=O) groups is 1.